The topological polar surface area (TPSA) is 38.9 Å². The van der Waals surface area contributed by atoms with Gasteiger partial charge in [-0.2, -0.15) is 0 Å². The van der Waals surface area contributed by atoms with Crippen LogP contribution in [0.25, 0.3) is 22.0 Å². The monoisotopic (exact) mass is 234 g/mol. The molecule has 0 unspecified atom stereocenters. The molecule has 1 heterocycles. The third-order valence-electron chi connectivity index (χ3n) is 3.11. The summed E-state index contributed by atoms with van der Waals surface area (Å²) in [6.45, 7) is 2.04. The first-order chi connectivity index (χ1) is 8.74. The van der Waals surface area contributed by atoms with Crippen molar-refractivity contribution in [3.05, 3.63) is 60.3 Å². The summed E-state index contributed by atoms with van der Waals surface area (Å²) in [7, 11) is 0. The third-order valence-corrected chi connectivity index (χ3v) is 3.11. The minimum absolute atomic E-state index is 0.798. The first-order valence-electron chi connectivity index (χ1n) is 5.95. The number of pyridine rings is 1. The molecule has 0 radical (unpaired) electrons. The highest BCUT2D eigenvalue weighted by Crippen LogP contribution is 2.28. The van der Waals surface area contributed by atoms with Gasteiger partial charge in [0.2, 0.25) is 0 Å². The maximum absolute atomic E-state index is 6.07. The van der Waals surface area contributed by atoms with Crippen molar-refractivity contribution >= 4 is 16.6 Å². The second-order valence-electron chi connectivity index (χ2n) is 4.51. The molecule has 3 aromatic rings. The largest absolute Gasteiger partial charge is 0.398 e. The van der Waals surface area contributed by atoms with Crippen LogP contribution in [-0.4, -0.2) is 4.98 Å². The van der Waals surface area contributed by atoms with E-state index in [9.17, 15) is 0 Å². The highest BCUT2D eigenvalue weighted by atomic mass is 14.7. The predicted molar refractivity (Wildman–Crippen MR) is 76.3 cm³/mol. The molecule has 0 bridgehead atoms. The van der Waals surface area contributed by atoms with Crippen LogP contribution in [-0.2, 0) is 0 Å². The molecule has 0 fully saturated rings. The van der Waals surface area contributed by atoms with Crippen LogP contribution in [0.1, 0.15) is 5.56 Å². The Morgan fingerprint density at radius 1 is 1.00 bits per heavy atom. The van der Waals surface area contributed by atoms with Crippen LogP contribution >= 0.6 is 0 Å². The normalized spacial score (nSPS) is 10.7. The van der Waals surface area contributed by atoms with Gasteiger partial charge in [0.1, 0.15) is 0 Å². The predicted octanol–water partition coefficient (Wildman–Crippen LogP) is 3.79. The number of para-hydroxylation sites is 1. The Balaban J connectivity index is 2.19. The molecular formula is C16H14N2. The average molecular weight is 234 g/mol. The van der Waals surface area contributed by atoms with Crippen molar-refractivity contribution in [2.24, 2.45) is 0 Å². The number of benzene rings is 2. The molecule has 2 nitrogen and oxygen atoms in total. The smallest absolute Gasteiger partial charge is 0.0702 e. The van der Waals surface area contributed by atoms with Crippen molar-refractivity contribution in [1.82, 2.24) is 4.98 Å². The summed E-state index contributed by atoms with van der Waals surface area (Å²) in [6, 6.07) is 16.3. The summed E-state index contributed by atoms with van der Waals surface area (Å²) >= 11 is 0. The Labute approximate surface area is 106 Å². The van der Waals surface area contributed by atoms with Gasteiger partial charge >= 0.3 is 0 Å². The van der Waals surface area contributed by atoms with Crippen molar-refractivity contribution < 1.29 is 0 Å². The highest BCUT2D eigenvalue weighted by Gasteiger charge is 2.04. The SMILES string of the molecule is Cc1ccc(-c2cnc3ccccc3c2)c(N)c1. The van der Waals surface area contributed by atoms with Gasteiger partial charge in [0.25, 0.3) is 0 Å². The molecule has 1 aromatic heterocycles. The van der Waals surface area contributed by atoms with Crippen molar-refractivity contribution in [3.63, 3.8) is 0 Å². The van der Waals surface area contributed by atoms with E-state index in [1.807, 2.05) is 37.4 Å². The quantitative estimate of drug-likeness (QED) is 0.650. The van der Waals surface area contributed by atoms with Gasteiger partial charge in [-0.3, -0.25) is 4.98 Å². The van der Waals surface area contributed by atoms with Crippen LogP contribution in [0.4, 0.5) is 5.69 Å². The average Bonchev–Trinajstić information content (AvgIpc) is 2.38. The summed E-state index contributed by atoms with van der Waals surface area (Å²) in [5.74, 6) is 0. The van der Waals surface area contributed by atoms with Crippen molar-refractivity contribution in [2.45, 2.75) is 6.92 Å². The van der Waals surface area contributed by atoms with Gasteiger partial charge < -0.3 is 5.73 Å². The number of aromatic nitrogens is 1. The minimum atomic E-state index is 0.798. The van der Waals surface area contributed by atoms with Crippen LogP contribution in [0.3, 0.4) is 0 Å². The molecule has 0 saturated heterocycles. The molecule has 3 rings (SSSR count). The molecule has 0 atom stereocenters. The lowest BCUT2D eigenvalue weighted by atomic mass is 10.0. The van der Waals surface area contributed by atoms with E-state index in [4.69, 9.17) is 5.73 Å². The summed E-state index contributed by atoms with van der Waals surface area (Å²) in [5.41, 5.74) is 11.1. The third kappa shape index (κ3) is 1.82. The fourth-order valence-electron chi connectivity index (χ4n) is 2.16. The maximum Gasteiger partial charge on any atom is 0.0702 e. The molecule has 0 saturated carbocycles. The van der Waals surface area contributed by atoms with Crippen LogP contribution in [0.15, 0.2) is 54.7 Å². The van der Waals surface area contributed by atoms with E-state index in [0.717, 1.165) is 27.7 Å². The fourth-order valence-corrected chi connectivity index (χ4v) is 2.16. The van der Waals surface area contributed by atoms with Crippen LogP contribution in [0.2, 0.25) is 0 Å². The molecule has 2 aromatic carbocycles. The first kappa shape index (κ1) is 10.8. The van der Waals surface area contributed by atoms with Crippen molar-refractivity contribution in [2.75, 3.05) is 5.73 Å². The molecule has 0 aliphatic rings. The van der Waals surface area contributed by atoms with Crippen LogP contribution in [0, 0.1) is 6.92 Å². The standard InChI is InChI=1S/C16H14N2/c1-11-6-7-14(15(17)8-11)13-9-12-4-2-3-5-16(12)18-10-13/h2-10H,17H2,1H3. The van der Waals surface area contributed by atoms with Gasteiger partial charge in [-0.15, -0.1) is 0 Å². The number of hydrogen-bond acceptors (Lipinski definition) is 2. The second-order valence-corrected chi connectivity index (χ2v) is 4.51. The summed E-state index contributed by atoms with van der Waals surface area (Å²) in [4.78, 5) is 4.47. The van der Waals surface area contributed by atoms with Gasteiger partial charge in [0.05, 0.1) is 5.52 Å². The molecule has 0 amide bonds. The molecule has 88 valence electrons. The molecule has 0 spiro atoms. The van der Waals surface area contributed by atoms with E-state index in [1.54, 1.807) is 0 Å². The van der Waals surface area contributed by atoms with Crippen LogP contribution < -0.4 is 5.73 Å². The lowest BCUT2D eigenvalue weighted by molar-refractivity contribution is 1.40. The van der Waals surface area contributed by atoms with E-state index >= 15 is 0 Å². The Bertz CT molecular complexity index is 717. The van der Waals surface area contributed by atoms with Gasteiger partial charge in [-0.1, -0.05) is 30.3 Å². The number of anilines is 1. The van der Waals surface area contributed by atoms with E-state index in [0.29, 0.717) is 0 Å². The van der Waals surface area contributed by atoms with Gasteiger partial charge in [-0.25, -0.2) is 0 Å². The number of nitrogens with zero attached hydrogens (tertiary/aromatic N) is 1. The summed E-state index contributed by atoms with van der Waals surface area (Å²) in [5, 5.41) is 1.13. The number of aryl methyl sites for hydroxylation is 1. The summed E-state index contributed by atoms with van der Waals surface area (Å²) in [6.07, 6.45) is 1.88. The number of fused-ring (bicyclic) bond motifs is 1. The Kier molecular flexibility index (Phi) is 2.49. The molecule has 0 aliphatic heterocycles. The van der Waals surface area contributed by atoms with Crippen molar-refractivity contribution in [1.29, 1.82) is 0 Å². The van der Waals surface area contributed by atoms with Gasteiger partial charge in [0, 0.05) is 28.4 Å². The van der Waals surface area contributed by atoms with E-state index in [-0.39, 0.29) is 0 Å². The Hall–Kier alpha value is -2.35. The number of nitrogen functional groups attached to an aromatic ring is 1. The van der Waals surface area contributed by atoms with Crippen molar-refractivity contribution in [3.8, 4) is 11.1 Å². The molecule has 18 heavy (non-hydrogen) atoms. The molecule has 2 N–H and O–H groups in total. The zero-order valence-corrected chi connectivity index (χ0v) is 10.2. The summed E-state index contributed by atoms with van der Waals surface area (Å²) < 4.78 is 0. The zero-order chi connectivity index (χ0) is 12.5. The highest BCUT2D eigenvalue weighted by molar-refractivity contribution is 5.86. The van der Waals surface area contributed by atoms with Gasteiger partial charge in [0.15, 0.2) is 0 Å². The first-order valence-corrected chi connectivity index (χ1v) is 5.95. The van der Waals surface area contributed by atoms with E-state index < -0.39 is 0 Å². The Morgan fingerprint density at radius 3 is 2.67 bits per heavy atom. The lowest BCUT2D eigenvalue weighted by Crippen LogP contribution is -1.91. The van der Waals surface area contributed by atoms with Gasteiger partial charge in [-0.05, 0) is 30.7 Å². The minimum Gasteiger partial charge on any atom is -0.398 e. The van der Waals surface area contributed by atoms with Crippen LogP contribution in [0.5, 0.6) is 0 Å². The molecular weight excluding hydrogens is 220 g/mol. The molecule has 2 heteroatoms. The second kappa shape index (κ2) is 4.15. The number of hydrogen-bond donors (Lipinski definition) is 1. The fraction of sp³-hybridized carbons (Fsp3) is 0.0625. The zero-order valence-electron chi connectivity index (χ0n) is 10.2. The van der Waals surface area contributed by atoms with E-state index in [2.05, 4.69) is 29.2 Å². The molecule has 0 aliphatic carbocycles. The maximum atomic E-state index is 6.07. The number of nitrogens with two attached hydrogens (primary N) is 1. The number of rotatable bonds is 1. The van der Waals surface area contributed by atoms with E-state index in [1.165, 1.54) is 5.56 Å². The Morgan fingerprint density at radius 2 is 1.83 bits per heavy atom. The lowest BCUT2D eigenvalue weighted by Gasteiger charge is -2.07.